The molecule has 2 aromatic rings. The third kappa shape index (κ3) is 6.83. The van der Waals surface area contributed by atoms with E-state index in [1.807, 2.05) is 18.2 Å². The van der Waals surface area contributed by atoms with E-state index >= 15 is 0 Å². The average molecular weight is 547 g/mol. The summed E-state index contributed by atoms with van der Waals surface area (Å²) in [5.41, 5.74) is 0.955. The molecule has 1 atom stereocenters. The molecule has 10 heteroatoms. The van der Waals surface area contributed by atoms with Gasteiger partial charge in [-0.3, -0.25) is 9.59 Å². The number of amides is 2. The maximum atomic E-state index is 13.8. The number of benzene rings is 2. The molecule has 1 fully saturated rings. The van der Waals surface area contributed by atoms with Gasteiger partial charge in [0, 0.05) is 35.5 Å². The second kappa shape index (κ2) is 10.9. The Morgan fingerprint density at radius 3 is 2.55 bits per heavy atom. The van der Waals surface area contributed by atoms with Gasteiger partial charge in [-0.1, -0.05) is 18.2 Å². The van der Waals surface area contributed by atoms with Gasteiger partial charge in [-0.05, 0) is 56.5 Å². The van der Waals surface area contributed by atoms with Crippen molar-refractivity contribution in [2.75, 3.05) is 17.8 Å². The Morgan fingerprint density at radius 2 is 1.89 bits per heavy atom. The normalized spacial score (nSPS) is 19.2. The summed E-state index contributed by atoms with van der Waals surface area (Å²) in [4.78, 5) is 41.6. The van der Waals surface area contributed by atoms with E-state index in [9.17, 15) is 23.2 Å². The molecule has 1 N–H and O–H groups in total. The van der Waals surface area contributed by atoms with Crippen LogP contribution in [0.4, 0.5) is 19.3 Å². The summed E-state index contributed by atoms with van der Waals surface area (Å²) in [6, 6.07) is 11.5. The van der Waals surface area contributed by atoms with Gasteiger partial charge in [0.15, 0.2) is 5.78 Å². The predicted molar refractivity (Wildman–Crippen MR) is 141 cm³/mol. The number of methoxy groups -OCH3 is 1. The molecule has 1 saturated carbocycles. The third-order valence-electron chi connectivity index (χ3n) is 6.36. The Bertz CT molecular complexity index is 1220. The van der Waals surface area contributed by atoms with Gasteiger partial charge in [-0.15, -0.1) is 11.8 Å². The molecule has 7 nitrogen and oxygen atoms in total. The van der Waals surface area contributed by atoms with Gasteiger partial charge < -0.3 is 19.7 Å². The topological polar surface area (TPSA) is 84.9 Å². The number of nitrogens with zero attached hydrogens (tertiary/aromatic N) is 1. The summed E-state index contributed by atoms with van der Waals surface area (Å²) in [5.74, 6) is -2.73. The Balaban J connectivity index is 1.63. The monoisotopic (exact) mass is 546 g/mol. The number of hydrogen-bond acceptors (Lipinski definition) is 6. The number of alkyl carbamates (subject to hydrolysis) is 1. The largest absolute Gasteiger partial charge is 0.497 e. The fourth-order valence-corrected chi connectivity index (χ4v) is 5.61. The molecule has 1 aliphatic heterocycles. The number of fused-ring (bicyclic) bond motifs is 1. The van der Waals surface area contributed by atoms with Crippen molar-refractivity contribution in [3.63, 3.8) is 0 Å². The summed E-state index contributed by atoms with van der Waals surface area (Å²) >= 11 is 1.39. The lowest BCUT2D eigenvalue weighted by Gasteiger charge is -2.34. The van der Waals surface area contributed by atoms with E-state index in [0.717, 1.165) is 10.5 Å². The van der Waals surface area contributed by atoms with Crippen LogP contribution in [0.15, 0.2) is 47.4 Å². The lowest BCUT2D eigenvalue weighted by molar-refractivity contribution is -0.120. The van der Waals surface area contributed by atoms with Gasteiger partial charge in [-0.2, -0.15) is 0 Å². The fourth-order valence-electron chi connectivity index (χ4n) is 4.55. The van der Waals surface area contributed by atoms with Crippen LogP contribution in [0.25, 0.3) is 0 Å². The minimum absolute atomic E-state index is 0.0359. The van der Waals surface area contributed by atoms with E-state index in [0.29, 0.717) is 17.0 Å². The molecule has 2 aromatic carbocycles. The number of Topliss-reactive ketones (excluding diaryl/α,β-unsaturated/α-hetero) is 1. The summed E-state index contributed by atoms with van der Waals surface area (Å²) in [5, 5.41) is 2.69. The number of carbonyl (C=O) groups excluding carboxylic acids is 3. The Labute approximate surface area is 225 Å². The molecule has 2 amide bonds. The van der Waals surface area contributed by atoms with Gasteiger partial charge in [0.1, 0.15) is 17.4 Å². The number of ether oxygens (including phenoxy) is 2. The number of alkyl halides is 2. The molecule has 204 valence electrons. The van der Waals surface area contributed by atoms with Gasteiger partial charge >= 0.3 is 6.09 Å². The van der Waals surface area contributed by atoms with Crippen LogP contribution in [0, 0.1) is 5.92 Å². The Hall–Kier alpha value is -3.14. The van der Waals surface area contributed by atoms with Crippen molar-refractivity contribution >= 4 is 35.2 Å². The van der Waals surface area contributed by atoms with Crippen molar-refractivity contribution in [2.45, 2.75) is 69.0 Å². The van der Waals surface area contributed by atoms with Crippen LogP contribution in [0.3, 0.4) is 0 Å². The Kier molecular flexibility index (Phi) is 8.01. The average Bonchev–Trinajstić information content (AvgIpc) is 2.93. The summed E-state index contributed by atoms with van der Waals surface area (Å²) in [6.45, 7) is 5.39. The highest BCUT2D eigenvalue weighted by Crippen LogP contribution is 2.45. The van der Waals surface area contributed by atoms with E-state index in [-0.39, 0.29) is 49.2 Å². The molecule has 0 unspecified atom stereocenters. The standard InChI is InChI=1S/C28H32F2N2O5S/c1-27(2,3)37-26(35)31-21-16-38-24-9-8-19(23(33)11-18-13-28(29,30)14-18)12-22(24)32(25(21)34)15-17-6-5-7-20(10-17)36-4/h5-10,12,18,21H,11,13-16H2,1-4H3,(H,31,35)/t21-/m0/s1. The van der Waals surface area contributed by atoms with Crippen molar-refractivity contribution in [3.8, 4) is 5.75 Å². The lowest BCUT2D eigenvalue weighted by atomic mass is 9.77. The van der Waals surface area contributed by atoms with Crippen molar-refractivity contribution < 1.29 is 32.6 Å². The molecule has 4 rings (SSSR count). The van der Waals surface area contributed by atoms with E-state index < -0.39 is 23.7 Å². The molecule has 2 aliphatic rings. The first-order chi connectivity index (χ1) is 17.8. The first-order valence-corrected chi connectivity index (χ1v) is 13.4. The van der Waals surface area contributed by atoms with Crippen LogP contribution in [0.2, 0.25) is 0 Å². The molecular formula is C28H32F2N2O5S. The van der Waals surface area contributed by atoms with E-state index in [2.05, 4.69) is 5.32 Å². The zero-order chi connectivity index (χ0) is 27.7. The van der Waals surface area contributed by atoms with Crippen LogP contribution in [0.1, 0.15) is 56.0 Å². The van der Waals surface area contributed by atoms with Crippen molar-refractivity contribution in [1.29, 1.82) is 0 Å². The highest BCUT2D eigenvalue weighted by atomic mass is 32.2. The number of ketones is 1. The number of rotatable bonds is 7. The number of thioether (sulfide) groups is 1. The molecule has 0 spiro atoms. The van der Waals surface area contributed by atoms with Crippen molar-refractivity contribution in [1.82, 2.24) is 5.32 Å². The maximum Gasteiger partial charge on any atom is 0.408 e. The highest BCUT2D eigenvalue weighted by molar-refractivity contribution is 7.99. The van der Waals surface area contributed by atoms with E-state index in [4.69, 9.17) is 9.47 Å². The first kappa shape index (κ1) is 27.9. The minimum atomic E-state index is -2.69. The van der Waals surface area contributed by atoms with Gasteiger partial charge in [0.25, 0.3) is 5.91 Å². The molecule has 1 aliphatic carbocycles. The van der Waals surface area contributed by atoms with Gasteiger partial charge in [0.2, 0.25) is 5.92 Å². The first-order valence-electron chi connectivity index (χ1n) is 12.5. The number of halogens is 2. The number of anilines is 1. The molecule has 0 saturated heterocycles. The molecule has 0 bridgehead atoms. The van der Waals surface area contributed by atoms with E-state index in [1.165, 1.54) is 11.8 Å². The molecule has 1 heterocycles. The summed E-state index contributed by atoms with van der Waals surface area (Å²) < 4.78 is 37.2. The predicted octanol–water partition coefficient (Wildman–Crippen LogP) is 5.85. The highest BCUT2D eigenvalue weighted by Gasteiger charge is 2.45. The SMILES string of the molecule is COc1cccc(CN2C(=O)[C@@H](NC(=O)OC(C)(C)C)CSc3ccc(C(=O)CC4CC(F)(F)C4)cc32)c1. The second-order valence-electron chi connectivity index (χ2n) is 10.7. The fraction of sp³-hybridized carbons (Fsp3) is 0.464. The smallest absolute Gasteiger partial charge is 0.408 e. The number of nitrogens with one attached hydrogen (secondary N) is 1. The second-order valence-corrected chi connectivity index (χ2v) is 11.8. The van der Waals surface area contributed by atoms with Crippen LogP contribution in [-0.2, 0) is 16.1 Å². The van der Waals surface area contributed by atoms with Crippen molar-refractivity contribution in [3.05, 3.63) is 53.6 Å². The van der Waals surface area contributed by atoms with Crippen LogP contribution in [0.5, 0.6) is 5.75 Å². The summed E-state index contributed by atoms with van der Waals surface area (Å²) in [7, 11) is 1.55. The number of hydrogen-bond donors (Lipinski definition) is 1. The third-order valence-corrected chi connectivity index (χ3v) is 7.51. The van der Waals surface area contributed by atoms with Gasteiger partial charge in [-0.25, -0.2) is 13.6 Å². The van der Waals surface area contributed by atoms with Crippen LogP contribution >= 0.6 is 11.8 Å². The zero-order valence-corrected chi connectivity index (χ0v) is 22.7. The zero-order valence-electron chi connectivity index (χ0n) is 21.9. The quantitative estimate of drug-likeness (QED) is 0.439. The maximum absolute atomic E-state index is 13.8. The molecule has 0 aromatic heterocycles. The Morgan fingerprint density at radius 1 is 1.16 bits per heavy atom. The van der Waals surface area contributed by atoms with Crippen LogP contribution in [-0.4, -0.2) is 48.2 Å². The summed E-state index contributed by atoms with van der Waals surface area (Å²) in [6.07, 6.45) is -1.22. The minimum Gasteiger partial charge on any atom is -0.497 e. The molecule has 38 heavy (non-hydrogen) atoms. The number of carbonyl (C=O) groups is 3. The van der Waals surface area contributed by atoms with Crippen molar-refractivity contribution in [2.24, 2.45) is 5.92 Å². The molecule has 0 radical (unpaired) electrons. The van der Waals surface area contributed by atoms with Crippen LogP contribution < -0.4 is 15.0 Å². The molecular weight excluding hydrogens is 514 g/mol. The lowest BCUT2D eigenvalue weighted by Crippen LogP contribution is -2.50. The van der Waals surface area contributed by atoms with E-state index in [1.54, 1.807) is 57.0 Å². The van der Waals surface area contributed by atoms with Gasteiger partial charge in [0.05, 0.1) is 19.3 Å².